The van der Waals surface area contributed by atoms with Crippen molar-refractivity contribution in [2.24, 2.45) is 0 Å². The summed E-state index contributed by atoms with van der Waals surface area (Å²) in [5.41, 5.74) is -2.54. The summed E-state index contributed by atoms with van der Waals surface area (Å²) >= 11 is 0. The van der Waals surface area contributed by atoms with E-state index >= 15 is 0 Å². The Hall–Kier alpha value is -3.21. The smallest absolute Gasteiger partial charge is 0.217 e. The molecule has 3 rings (SSSR count). The highest BCUT2D eigenvalue weighted by Crippen LogP contribution is 2.35. The average Bonchev–Trinajstić information content (AvgIpc) is 2.86. The van der Waals surface area contributed by atoms with Crippen LogP contribution in [0.15, 0.2) is 73.3 Å². The van der Waals surface area contributed by atoms with E-state index in [-0.39, 0.29) is 17.7 Å². The lowest BCUT2D eigenvalue weighted by Gasteiger charge is -2.49. The summed E-state index contributed by atoms with van der Waals surface area (Å²) in [5.74, 6) is -2.37. The maximum absolute atomic E-state index is 13.5. The number of hydrogen-bond donors (Lipinski definition) is 4. The molecule has 1 unspecified atom stereocenters. The van der Waals surface area contributed by atoms with Crippen molar-refractivity contribution in [1.29, 1.82) is 0 Å². The number of Topliss-reactive ketones (excluding diaryl/α,β-unsaturated/α-hetero) is 2. The van der Waals surface area contributed by atoms with Crippen molar-refractivity contribution >= 4 is 17.5 Å². The molecule has 0 bridgehead atoms. The van der Waals surface area contributed by atoms with Crippen LogP contribution in [-0.4, -0.2) is 75.6 Å². The van der Waals surface area contributed by atoms with Crippen LogP contribution >= 0.6 is 0 Å². The molecule has 0 saturated carbocycles. The summed E-state index contributed by atoms with van der Waals surface area (Å²) < 4.78 is 11.2. The van der Waals surface area contributed by atoms with E-state index in [1.165, 1.54) is 30.3 Å². The van der Waals surface area contributed by atoms with E-state index < -0.39 is 53.7 Å². The first-order valence-corrected chi connectivity index (χ1v) is 10.6. The first-order chi connectivity index (χ1) is 16.2. The van der Waals surface area contributed by atoms with Gasteiger partial charge >= 0.3 is 0 Å². The zero-order chi connectivity index (χ0) is 24.9. The molecule has 9 nitrogen and oxygen atoms in total. The summed E-state index contributed by atoms with van der Waals surface area (Å²) in [6.45, 7) is 4.58. The zero-order valence-electron chi connectivity index (χ0n) is 18.5. The molecule has 0 aliphatic carbocycles. The third-order valence-corrected chi connectivity index (χ3v) is 5.57. The maximum Gasteiger partial charge on any atom is 0.217 e. The molecule has 1 heterocycles. The number of benzene rings is 2. The van der Waals surface area contributed by atoms with Crippen LogP contribution < -0.4 is 5.32 Å². The maximum atomic E-state index is 13.5. The standard InChI is InChI=1S/C25H27NO8/c1-3-14-33-24-21(26-15(2)27)25(32,22(30)17-12-8-5-9-13-17)23(31)20(34-24)19(29)18(28)16-10-6-4-7-11-16/h3-13,19-21,23-24,29,31-32H,1,14H2,2H3,(H,26,27)/t19?,20-,21-,23-,24+,25+/m1/s1. The fourth-order valence-corrected chi connectivity index (χ4v) is 3.91. The number of rotatable bonds is 9. The van der Waals surface area contributed by atoms with Gasteiger partial charge in [-0.2, -0.15) is 0 Å². The molecular weight excluding hydrogens is 442 g/mol. The van der Waals surface area contributed by atoms with Crippen LogP contribution in [0.2, 0.25) is 0 Å². The molecule has 6 atom stereocenters. The predicted molar refractivity (Wildman–Crippen MR) is 121 cm³/mol. The average molecular weight is 469 g/mol. The quantitative estimate of drug-likeness (QED) is 0.310. The van der Waals surface area contributed by atoms with Crippen LogP contribution in [-0.2, 0) is 14.3 Å². The summed E-state index contributed by atoms with van der Waals surface area (Å²) in [7, 11) is 0. The summed E-state index contributed by atoms with van der Waals surface area (Å²) in [5, 5.41) is 36.1. The Bertz CT molecular complexity index is 1030. The lowest BCUT2D eigenvalue weighted by atomic mass is 9.75. The van der Waals surface area contributed by atoms with Crippen molar-refractivity contribution in [2.45, 2.75) is 43.2 Å². The van der Waals surface area contributed by atoms with Gasteiger partial charge in [-0.25, -0.2) is 0 Å². The third-order valence-electron chi connectivity index (χ3n) is 5.57. The van der Waals surface area contributed by atoms with Gasteiger partial charge in [-0.05, 0) is 0 Å². The van der Waals surface area contributed by atoms with Gasteiger partial charge in [0.2, 0.25) is 5.91 Å². The van der Waals surface area contributed by atoms with Crippen LogP contribution in [0.1, 0.15) is 27.6 Å². The fourth-order valence-electron chi connectivity index (χ4n) is 3.91. The Morgan fingerprint density at radius 2 is 1.68 bits per heavy atom. The molecule has 1 saturated heterocycles. The second-order valence-electron chi connectivity index (χ2n) is 7.91. The molecule has 1 aliphatic rings. The molecule has 2 aromatic carbocycles. The van der Waals surface area contributed by atoms with Crippen molar-refractivity contribution in [3.8, 4) is 0 Å². The number of hydrogen-bond acceptors (Lipinski definition) is 8. The van der Waals surface area contributed by atoms with Crippen LogP contribution in [0.25, 0.3) is 0 Å². The van der Waals surface area contributed by atoms with Crippen LogP contribution in [0.3, 0.4) is 0 Å². The molecule has 1 fully saturated rings. The topological polar surface area (TPSA) is 142 Å². The van der Waals surface area contributed by atoms with E-state index in [0.29, 0.717) is 0 Å². The van der Waals surface area contributed by atoms with Gasteiger partial charge < -0.3 is 30.1 Å². The van der Waals surface area contributed by atoms with Gasteiger partial charge in [0.1, 0.15) is 24.4 Å². The second kappa shape index (κ2) is 10.8. The first kappa shape index (κ1) is 25.4. The van der Waals surface area contributed by atoms with Crippen molar-refractivity contribution in [3.63, 3.8) is 0 Å². The summed E-state index contributed by atoms with van der Waals surface area (Å²) in [6, 6.07) is 13.9. The van der Waals surface area contributed by atoms with Gasteiger partial charge in [-0.1, -0.05) is 66.7 Å². The number of amides is 1. The van der Waals surface area contributed by atoms with E-state index in [1.54, 1.807) is 36.4 Å². The summed E-state index contributed by atoms with van der Waals surface area (Å²) in [4.78, 5) is 38.3. The highest BCUT2D eigenvalue weighted by atomic mass is 16.7. The number of carbonyl (C=O) groups is 3. The Morgan fingerprint density at radius 1 is 1.12 bits per heavy atom. The Labute approximate surface area is 196 Å². The third kappa shape index (κ3) is 4.98. The lowest BCUT2D eigenvalue weighted by Crippen LogP contribution is -2.76. The molecule has 2 aromatic rings. The second-order valence-corrected chi connectivity index (χ2v) is 7.91. The molecule has 9 heteroatoms. The molecule has 1 amide bonds. The van der Waals surface area contributed by atoms with E-state index in [2.05, 4.69) is 11.9 Å². The largest absolute Gasteiger partial charge is 0.387 e. The van der Waals surface area contributed by atoms with Crippen LogP contribution in [0, 0.1) is 0 Å². The van der Waals surface area contributed by atoms with Gasteiger partial charge in [0, 0.05) is 18.1 Å². The minimum Gasteiger partial charge on any atom is -0.387 e. The monoisotopic (exact) mass is 469 g/mol. The fraction of sp³-hybridized carbons (Fsp3) is 0.320. The van der Waals surface area contributed by atoms with Crippen molar-refractivity contribution in [1.82, 2.24) is 5.32 Å². The van der Waals surface area contributed by atoms with E-state index in [1.807, 2.05) is 0 Å². The van der Waals surface area contributed by atoms with E-state index in [9.17, 15) is 29.7 Å². The number of aliphatic hydroxyl groups is 3. The molecule has 180 valence electrons. The van der Waals surface area contributed by atoms with Crippen molar-refractivity contribution in [3.05, 3.63) is 84.4 Å². The first-order valence-electron chi connectivity index (χ1n) is 10.6. The lowest BCUT2D eigenvalue weighted by molar-refractivity contribution is -0.290. The zero-order valence-corrected chi connectivity index (χ0v) is 18.5. The van der Waals surface area contributed by atoms with E-state index in [0.717, 1.165) is 6.92 Å². The molecular formula is C25H27NO8. The number of nitrogens with one attached hydrogen (secondary N) is 1. The normalized spacial score (nSPS) is 27.4. The van der Waals surface area contributed by atoms with E-state index in [4.69, 9.17) is 9.47 Å². The minimum absolute atomic E-state index is 0.0337. The minimum atomic E-state index is -2.71. The SMILES string of the molecule is C=CCO[C@H]1O[C@H](C(O)C(=O)c2ccccc2)[C@@H](O)[C@@](O)(C(=O)c2ccccc2)[C@@H]1NC(C)=O. The number of carbonyl (C=O) groups excluding carboxylic acids is 3. The van der Waals surface area contributed by atoms with Gasteiger partial charge in [0.05, 0.1) is 6.61 Å². The number of aliphatic hydroxyl groups excluding tert-OH is 2. The van der Waals surface area contributed by atoms with Gasteiger partial charge in [0.25, 0.3) is 0 Å². The Morgan fingerprint density at radius 3 is 2.21 bits per heavy atom. The van der Waals surface area contributed by atoms with Gasteiger partial charge in [-0.15, -0.1) is 6.58 Å². The molecule has 0 aromatic heterocycles. The molecule has 0 radical (unpaired) electrons. The van der Waals surface area contributed by atoms with Crippen LogP contribution in [0.5, 0.6) is 0 Å². The highest BCUT2D eigenvalue weighted by molar-refractivity contribution is 6.04. The summed E-state index contributed by atoms with van der Waals surface area (Å²) in [6.07, 6.45) is -5.96. The predicted octanol–water partition coefficient (Wildman–Crippen LogP) is 0.637. The molecule has 1 aliphatic heterocycles. The molecule has 34 heavy (non-hydrogen) atoms. The van der Waals surface area contributed by atoms with Crippen molar-refractivity contribution < 1.29 is 39.2 Å². The Kier molecular flexibility index (Phi) is 8.08. The van der Waals surface area contributed by atoms with Crippen LogP contribution in [0.4, 0.5) is 0 Å². The van der Waals surface area contributed by atoms with Gasteiger partial charge in [-0.3, -0.25) is 14.4 Å². The number of ketones is 2. The van der Waals surface area contributed by atoms with Gasteiger partial charge in [0.15, 0.2) is 23.5 Å². The highest BCUT2D eigenvalue weighted by Gasteiger charge is 2.62. The van der Waals surface area contributed by atoms with Crippen molar-refractivity contribution in [2.75, 3.05) is 6.61 Å². The molecule has 4 N–H and O–H groups in total. The molecule has 0 spiro atoms. The Balaban J connectivity index is 2.07. The number of ether oxygens (including phenoxy) is 2.